The number of fused-ring (bicyclic) bond motifs is 1. The molecule has 5 nitrogen and oxygen atoms in total. The zero-order chi connectivity index (χ0) is 22.2. The number of nitrogens with zero attached hydrogens (tertiary/aromatic N) is 1. The standard InChI is InChI=1S/C25H30FN3O2/c1-16(2)27-24(31)21-14-29(17(3)12-18-8-5-7-11-22(18)26)15-25(21)13-19-9-4-6-10-20(19)23(30)28-25/h4-11,16-17,21H,12-15H2,1-3H3,(H,27,31)(H,28,30)/t17-,21-,25+/m0/s1. The van der Waals surface area contributed by atoms with Gasteiger partial charge in [-0.05, 0) is 56.9 Å². The van der Waals surface area contributed by atoms with Crippen molar-refractivity contribution in [2.45, 2.75) is 51.2 Å². The number of hydrogen-bond donors (Lipinski definition) is 2. The molecule has 0 saturated carbocycles. The Morgan fingerprint density at radius 2 is 1.90 bits per heavy atom. The number of likely N-dealkylation sites (tertiary alicyclic amines) is 1. The second-order valence-corrected chi connectivity index (χ2v) is 9.23. The molecule has 6 heteroatoms. The Labute approximate surface area is 183 Å². The fourth-order valence-electron chi connectivity index (χ4n) is 4.99. The molecular weight excluding hydrogens is 393 g/mol. The van der Waals surface area contributed by atoms with Gasteiger partial charge >= 0.3 is 0 Å². The molecular formula is C25H30FN3O2. The summed E-state index contributed by atoms with van der Waals surface area (Å²) in [6.45, 7) is 7.01. The monoisotopic (exact) mass is 423 g/mol. The van der Waals surface area contributed by atoms with Gasteiger partial charge in [-0.15, -0.1) is 0 Å². The number of carbonyl (C=O) groups excluding carboxylic acids is 2. The molecule has 0 unspecified atom stereocenters. The highest BCUT2D eigenvalue weighted by Crippen LogP contribution is 2.37. The SMILES string of the molecule is CC(C)NC(=O)[C@@H]1CN([C@@H](C)Cc2ccccc2F)C[C@]12Cc1ccccc1C(=O)N2. The van der Waals surface area contributed by atoms with Gasteiger partial charge in [-0.3, -0.25) is 14.5 Å². The van der Waals surface area contributed by atoms with Crippen LogP contribution in [0.25, 0.3) is 0 Å². The Morgan fingerprint density at radius 1 is 1.19 bits per heavy atom. The highest BCUT2D eigenvalue weighted by molar-refractivity contribution is 5.98. The molecule has 2 aliphatic rings. The number of benzene rings is 2. The van der Waals surface area contributed by atoms with Crippen LogP contribution in [0.2, 0.25) is 0 Å². The highest BCUT2D eigenvalue weighted by atomic mass is 19.1. The highest BCUT2D eigenvalue weighted by Gasteiger charge is 2.53. The normalized spacial score (nSPS) is 24.2. The first-order valence-corrected chi connectivity index (χ1v) is 11.0. The summed E-state index contributed by atoms with van der Waals surface area (Å²) in [6.07, 6.45) is 1.15. The third kappa shape index (κ3) is 4.22. The molecule has 0 aromatic heterocycles. The quantitative estimate of drug-likeness (QED) is 0.777. The summed E-state index contributed by atoms with van der Waals surface area (Å²) in [5, 5.41) is 6.23. The van der Waals surface area contributed by atoms with Crippen LogP contribution < -0.4 is 10.6 Å². The fraction of sp³-hybridized carbons (Fsp3) is 0.440. The molecule has 2 N–H and O–H groups in total. The van der Waals surface area contributed by atoms with Gasteiger partial charge in [0.1, 0.15) is 5.82 Å². The molecule has 3 atom stereocenters. The topological polar surface area (TPSA) is 61.4 Å². The van der Waals surface area contributed by atoms with E-state index in [1.165, 1.54) is 6.07 Å². The van der Waals surface area contributed by atoms with Crippen molar-refractivity contribution in [2.24, 2.45) is 5.92 Å². The largest absolute Gasteiger partial charge is 0.354 e. The summed E-state index contributed by atoms with van der Waals surface area (Å²) in [4.78, 5) is 28.3. The van der Waals surface area contributed by atoms with E-state index in [2.05, 4.69) is 22.5 Å². The summed E-state index contributed by atoms with van der Waals surface area (Å²) in [6, 6.07) is 14.4. The van der Waals surface area contributed by atoms with Crippen molar-refractivity contribution in [2.75, 3.05) is 13.1 Å². The van der Waals surface area contributed by atoms with Gasteiger partial charge < -0.3 is 10.6 Å². The predicted octanol–water partition coefficient (Wildman–Crippen LogP) is 2.94. The van der Waals surface area contributed by atoms with Crippen LogP contribution in [0.1, 0.15) is 42.3 Å². The molecule has 1 saturated heterocycles. The summed E-state index contributed by atoms with van der Waals surface area (Å²) < 4.78 is 14.2. The summed E-state index contributed by atoms with van der Waals surface area (Å²) in [5.41, 5.74) is 1.64. The van der Waals surface area contributed by atoms with Crippen LogP contribution >= 0.6 is 0 Å². The molecule has 4 rings (SSSR count). The van der Waals surface area contributed by atoms with Gasteiger partial charge in [0.25, 0.3) is 5.91 Å². The minimum Gasteiger partial charge on any atom is -0.354 e. The first-order chi connectivity index (χ1) is 14.8. The Kier molecular flexibility index (Phi) is 5.84. The number of nitrogens with one attached hydrogen (secondary N) is 2. The summed E-state index contributed by atoms with van der Waals surface area (Å²) in [5.74, 6) is -0.768. The molecule has 2 aromatic carbocycles. The van der Waals surface area contributed by atoms with Crippen molar-refractivity contribution in [3.8, 4) is 0 Å². The molecule has 164 valence electrons. The molecule has 2 amide bonds. The van der Waals surface area contributed by atoms with Crippen LogP contribution in [0.4, 0.5) is 4.39 Å². The zero-order valence-electron chi connectivity index (χ0n) is 18.3. The zero-order valence-corrected chi connectivity index (χ0v) is 18.3. The second-order valence-electron chi connectivity index (χ2n) is 9.23. The van der Waals surface area contributed by atoms with E-state index < -0.39 is 5.54 Å². The van der Waals surface area contributed by atoms with Gasteiger partial charge in [-0.1, -0.05) is 36.4 Å². The lowest BCUT2D eigenvalue weighted by molar-refractivity contribution is -0.126. The van der Waals surface area contributed by atoms with Gasteiger partial charge in [0.05, 0.1) is 11.5 Å². The molecule has 2 heterocycles. The average molecular weight is 424 g/mol. The van der Waals surface area contributed by atoms with E-state index in [0.29, 0.717) is 37.1 Å². The number of halogens is 1. The van der Waals surface area contributed by atoms with Crippen molar-refractivity contribution in [3.63, 3.8) is 0 Å². The third-order valence-corrected chi connectivity index (χ3v) is 6.54. The van der Waals surface area contributed by atoms with E-state index in [-0.39, 0.29) is 35.6 Å². The van der Waals surface area contributed by atoms with E-state index in [9.17, 15) is 14.0 Å². The molecule has 0 radical (unpaired) electrons. The predicted molar refractivity (Wildman–Crippen MR) is 118 cm³/mol. The van der Waals surface area contributed by atoms with Crippen molar-refractivity contribution >= 4 is 11.8 Å². The molecule has 31 heavy (non-hydrogen) atoms. The average Bonchev–Trinajstić information content (AvgIpc) is 3.08. The summed E-state index contributed by atoms with van der Waals surface area (Å²) >= 11 is 0. The van der Waals surface area contributed by atoms with Crippen LogP contribution in [0.3, 0.4) is 0 Å². The van der Waals surface area contributed by atoms with Crippen LogP contribution in [-0.2, 0) is 17.6 Å². The maximum atomic E-state index is 14.2. The van der Waals surface area contributed by atoms with Gasteiger partial charge in [0, 0.05) is 30.7 Å². The first-order valence-electron chi connectivity index (χ1n) is 11.0. The number of carbonyl (C=O) groups is 2. The van der Waals surface area contributed by atoms with Gasteiger partial charge in [-0.2, -0.15) is 0 Å². The van der Waals surface area contributed by atoms with Crippen LogP contribution in [0.15, 0.2) is 48.5 Å². The van der Waals surface area contributed by atoms with Crippen LogP contribution in [-0.4, -0.2) is 47.4 Å². The molecule has 1 spiro atoms. The number of amides is 2. The van der Waals surface area contributed by atoms with E-state index >= 15 is 0 Å². The Balaban J connectivity index is 1.62. The maximum absolute atomic E-state index is 14.2. The maximum Gasteiger partial charge on any atom is 0.252 e. The van der Waals surface area contributed by atoms with Crippen LogP contribution in [0, 0.1) is 11.7 Å². The Hall–Kier alpha value is -2.73. The van der Waals surface area contributed by atoms with E-state index in [1.54, 1.807) is 12.1 Å². The number of hydrogen-bond acceptors (Lipinski definition) is 3. The molecule has 2 aliphatic heterocycles. The second kappa shape index (κ2) is 8.42. The lowest BCUT2D eigenvalue weighted by Crippen LogP contribution is -2.62. The minimum absolute atomic E-state index is 0.0148. The molecule has 0 bridgehead atoms. The Bertz CT molecular complexity index is 992. The third-order valence-electron chi connectivity index (χ3n) is 6.54. The Morgan fingerprint density at radius 3 is 2.65 bits per heavy atom. The van der Waals surface area contributed by atoms with Gasteiger partial charge in [0.2, 0.25) is 5.91 Å². The molecule has 2 aromatic rings. The summed E-state index contributed by atoms with van der Waals surface area (Å²) in [7, 11) is 0. The van der Waals surface area contributed by atoms with Crippen molar-refractivity contribution < 1.29 is 14.0 Å². The fourth-order valence-corrected chi connectivity index (χ4v) is 4.99. The number of rotatable bonds is 5. The lowest BCUT2D eigenvalue weighted by Gasteiger charge is -2.39. The van der Waals surface area contributed by atoms with Crippen molar-refractivity contribution in [1.29, 1.82) is 0 Å². The van der Waals surface area contributed by atoms with Gasteiger partial charge in [-0.25, -0.2) is 4.39 Å². The van der Waals surface area contributed by atoms with E-state index in [0.717, 1.165) is 5.56 Å². The van der Waals surface area contributed by atoms with Crippen molar-refractivity contribution in [1.82, 2.24) is 15.5 Å². The lowest BCUT2D eigenvalue weighted by atomic mass is 9.77. The minimum atomic E-state index is -0.673. The molecule has 1 fully saturated rings. The smallest absolute Gasteiger partial charge is 0.252 e. The van der Waals surface area contributed by atoms with E-state index in [4.69, 9.17) is 0 Å². The van der Waals surface area contributed by atoms with E-state index in [1.807, 2.05) is 44.2 Å². The first kappa shape index (κ1) is 21.5. The van der Waals surface area contributed by atoms with Gasteiger partial charge in [0.15, 0.2) is 0 Å². The van der Waals surface area contributed by atoms with Crippen LogP contribution in [0.5, 0.6) is 0 Å². The molecule has 0 aliphatic carbocycles. The van der Waals surface area contributed by atoms with Crippen molar-refractivity contribution in [3.05, 3.63) is 71.0 Å².